The van der Waals surface area contributed by atoms with Crippen LogP contribution >= 0.6 is 0 Å². The minimum absolute atomic E-state index is 0.251. The molecule has 4 aromatic carbocycles. The molecule has 0 bridgehead atoms. The van der Waals surface area contributed by atoms with Crippen molar-refractivity contribution in [3.8, 4) is 0 Å². The summed E-state index contributed by atoms with van der Waals surface area (Å²) in [5.74, 6) is -0.651. The van der Waals surface area contributed by atoms with Gasteiger partial charge in [-0.2, -0.15) is 16.8 Å². The van der Waals surface area contributed by atoms with Crippen molar-refractivity contribution < 1.29 is 25.9 Å². The second-order valence-electron chi connectivity index (χ2n) is 11.6. The molecule has 4 aromatic rings. The lowest BCUT2D eigenvalue weighted by molar-refractivity contribution is 0.472. The van der Waals surface area contributed by atoms with Crippen LogP contribution in [0.3, 0.4) is 0 Å². The minimum Gasteiger partial charge on any atom is -0.367 e. The summed E-state index contributed by atoms with van der Waals surface area (Å²) in [5, 5.41) is -1.49. The van der Waals surface area contributed by atoms with Crippen LogP contribution in [0.5, 0.6) is 0 Å². The minimum atomic E-state index is -4.81. The molecule has 1 aliphatic rings. The second kappa shape index (κ2) is 14.7. The van der Waals surface area contributed by atoms with Crippen LogP contribution in [-0.4, -0.2) is 44.3 Å². The standard InChI is InChI=1S/C37H40N2O6S2/c1-3-38(26-28-11-7-5-8-12-28)32-19-15-30(16-20-32)37(35-24-23-34(46(40,41)42)25-36(35)47(43,44)45)31-17-21-33(22-18-31)39(4-2)27-29-13-9-6-10-14-29/h5-24,34,37H,3-4,25-27H2,1-2H3,(H,40,41,42)(H,43,44,45). The van der Waals surface area contributed by atoms with E-state index in [1.165, 1.54) is 23.3 Å². The molecule has 0 aliphatic heterocycles. The number of benzene rings is 4. The molecule has 0 heterocycles. The Morgan fingerprint density at radius 3 is 1.45 bits per heavy atom. The molecular formula is C37H40N2O6S2. The molecule has 1 unspecified atom stereocenters. The molecule has 0 saturated heterocycles. The third-order valence-electron chi connectivity index (χ3n) is 8.58. The zero-order chi connectivity index (χ0) is 33.6. The Balaban J connectivity index is 1.56. The Morgan fingerprint density at radius 2 is 1.09 bits per heavy atom. The van der Waals surface area contributed by atoms with Crippen molar-refractivity contribution >= 4 is 31.6 Å². The Hall–Kier alpha value is -4.22. The number of rotatable bonds is 13. The topological polar surface area (TPSA) is 115 Å². The second-order valence-corrected chi connectivity index (χ2v) is 14.7. The van der Waals surface area contributed by atoms with Gasteiger partial charge in [0.25, 0.3) is 20.2 Å². The molecule has 0 amide bonds. The third-order valence-corrected chi connectivity index (χ3v) is 10.7. The summed E-state index contributed by atoms with van der Waals surface area (Å²) >= 11 is 0. The molecule has 0 radical (unpaired) electrons. The van der Waals surface area contributed by atoms with Crippen molar-refractivity contribution in [2.45, 2.75) is 44.5 Å². The van der Waals surface area contributed by atoms with Crippen LogP contribution in [0.4, 0.5) is 11.4 Å². The number of hydrogen-bond acceptors (Lipinski definition) is 6. The summed E-state index contributed by atoms with van der Waals surface area (Å²) in [6, 6.07) is 36.0. The maximum atomic E-state index is 12.7. The number of allylic oxidation sites excluding steroid dienone is 3. The lowest BCUT2D eigenvalue weighted by atomic mass is 9.82. The van der Waals surface area contributed by atoms with E-state index in [2.05, 4.69) is 47.9 Å². The average Bonchev–Trinajstić information content (AvgIpc) is 3.07. The summed E-state index contributed by atoms with van der Waals surface area (Å²) in [5.41, 5.74) is 6.11. The molecule has 246 valence electrons. The summed E-state index contributed by atoms with van der Waals surface area (Å²) in [6.07, 6.45) is 2.11. The summed E-state index contributed by atoms with van der Waals surface area (Å²) in [7, 11) is -9.41. The highest BCUT2D eigenvalue weighted by Gasteiger charge is 2.35. The average molecular weight is 673 g/mol. The summed E-state index contributed by atoms with van der Waals surface area (Å²) in [6.45, 7) is 7.15. The smallest absolute Gasteiger partial charge is 0.290 e. The van der Waals surface area contributed by atoms with Gasteiger partial charge in [0.05, 0.1) is 4.91 Å². The SMILES string of the molecule is CCN(Cc1ccccc1)c1ccc(C(C2=C(S(=O)(=O)O)CC(S(=O)(=O)O)C=C2)c2ccc(N(CC)Cc3ccccc3)cc2)cc1. The Bertz CT molecular complexity index is 1830. The third kappa shape index (κ3) is 8.39. The first-order valence-electron chi connectivity index (χ1n) is 15.6. The fourth-order valence-electron chi connectivity index (χ4n) is 6.07. The Kier molecular flexibility index (Phi) is 10.7. The van der Waals surface area contributed by atoms with Gasteiger partial charge in [0, 0.05) is 49.9 Å². The molecule has 1 aliphatic carbocycles. The van der Waals surface area contributed by atoms with Gasteiger partial charge in [-0.3, -0.25) is 9.11 Å². The quantitative estimate of drug-likeness (QED) is 0.143. The predicted molar refractivity (Wildman–Crippen MR) is 189 cm³/mol. The van der Waals surface area contributed by atoms with E-state index in [0.717, 1.165) is 48.7 Å². The lowest BCUT2D eigenvalue weighted by Gasteiger charge is -2.28. The van der Waals surface area contributed by atoms with Crippen molar-refractivity contribution in [3.63, 3.8) is 0 Å². The number of hydrogen-bond donors (Lipinski definition) is 2. The van der Waals surface area contributed by atoms with Gasteiger partial charge in [-0.1, -0.05) is 97.1 Å². The van der Waals surface area contributed by atoms with Crippen molar-refractivity contribution in [1.29, 1.82) is 0 Å². The van der Waals surface area contributed by atoms with Gasteiger partial charge in [-0.15, -0.1) is 0 Å². The van der Waals surface area contributed by atoms with E-state index in [9.17, 15) is 25.9 Å². The van der Waals surface area contributed by atoms with Gasteiger partial charge in [-0.25, -0.2) is 0 Å². The molecule has 5 rings (SSSR count). The predicted octanol–water partition coefficient (Wildman–Crippen LogP) is 7.23. The van der Waals surface area contributed by atoms with Crippen LogP contribution in [0.25, 0.3) is 0 Å². The molecule has 1 atom stereocenters. The molecule has 0 saturated carbocycles. The molecule has 2 N–H and O–H groups in total. The van der Waals surface area contributed by atoms with Gasteiger partial charge < -0.3 is 9.80 Å². The number of anilines is 2. The van der Waals surface area contributed by atoms with E-state index in [0.29, 0.717) is 0 Å². The van der Waals surface area contributed by atoms with Gasteiger partial charge in [0.1, 0.15) is 5.25 Å². The largest absolute Gasteiger partial charge is 0.367 e. The first-order valence-corrected chi connectivity index (χ1v) is 18.5. The highest BCUT2D eigenvalue weighted by Crippen LogP contribution is 2.41. The van der Waals surface area contributed by atoms with E-state index in [-0.39, 0.29) is 5.57 Å². The molecule has 0 spiro atoms. The van der Waals surface area contributed by atoms with Crippen molar-refractivity contribution in [2.24, 2.45) is 0 Å². The van der Waals surface area contributed by atoms with Crippen LogP contribution in [-0.2, 0) is 33.3 Å². The summed E-state index contributed by atoms with van der Waals surface area (Å²) in [4.78, 5) is 4.03. The zero-order valence-corrected chi connectivity index (χ0v) is 28.1. The fourth-order valence-corrected chi connectivity index (χ4v) is 7.71. The Labute approximate surface area is 278 Å². The van der Waals surface area contributed by atoms with Crippen molar-refractivity contribution in [2.75, 3.05) is 22.9 Å². The van der Waals surface area contributed by atoms with E-state index in [1.807, 2.05) is 84.9 Å². The Morgan fingerprint density at radius 1 is 0.660 bits per heavy atom. The van der Waals surface area contributed by atoms with Crippen LogP contribution in [0.2, 0.25) is 0 Å². The van der Waals surface area contributed by atoms with E-state index < -0.39 is 42.7 Å². The van der Waals surface area contributed by atoms with Gasteiger partial charge in [0.15, 0.2) is 0 Å². The fraction of sp³-hybridized carbons (Fsp3) is 0.243. The zero-order valence-electron chi connectivity index (χ0n) is 26.5. The maximum Gasteiger partial charge on any atom is 0.290 e. The van der Waals surface area contributed by atoms with Crippen LogP contribution in [0, 0.1) is 0 Å². The van der Waals surface area contributed by atoms with E-state index in [4.69, 9.17) is 0 Å². The highest BCUT2D eigenvalue weighted by atomic mass is 32.2. The van der Waals surface area contributed by atoms with Gasteiger partial charge >= 0.3 is 0 Å². The first kappa shape index (κ1) is 34.1. The monoisotopic (exact) mass is 672 g/mol. The molecule has 8 nitrogen and oxygen atoms in total. The van der Waals surface area contributed by atoms with E-state index >= 15 is 0 Å². The van der Waals surface area contributed by atoms with Crippen LogP contribution in [0.15, 0.2) is 132 Å². The van der Waals surface area contributed by atoms with Crippen LogP contribution < -0.4 is 9.80 Å². The molecule has 10 heteroatoms. The van der Waals surface area contributed by atoms with Crippen LogP contribution in [0.1, 0.15) is 48.4 Å². The molecule has 0 fully saturated rings. The molecule has 47 heavy (non-hydrogen) atoms. The maximum absolute atomic E-state index is 12.7. The summed E-state index contributed by atoms with van der Waals surface area (Å²) < 4.78 is 69.5. The molecule has 0 aromatic heterocycles. The first-order chi connectivity index (χ1) is 22.5. The van der Waals surface area contributed by atoms with Gasteiger partial charge in [0.2, 0.25) is 0 Å². The van der Waals surface area contributed by atoms with Crippen molar-refractivity contribution in [1.82, 2.24) is 0 Å². The van der Waals surface area contributed by atoms with Crippen molar-refractivity contribution in [3.05, 3.63) is 154 Å². The van der Waals surface area contributed by atoms with E-state index in [1.54, 1.807) is 0 Å². The normalized spacial score (nSPS) is 15.2. The highest BCUT2D eigenvalue weighted by molar-refractivity contribution is 7.90. The lowest BCUT2D eigenvalue weighted by Crippen LogP contribution is -2.25. The number of nitrogens with zero attached hydrogens (tertiary/aromatic N) is 2. The molecular weight excluding hydrogens is 633 g/mol. The van der Waals surface area contributed by atoms with Gasteiger partial charge in [-0.05, 0) is 65.9 Å².